The first-order chi connectivity index (χ1) is 23.7. The van der Waals surface area contributed by atoms with Gasteiger partial charge in [0.2, 0.25) is 0 Å². The van der Waals surface area contributed by atoms with Gasteiger partial charge in [0, 0.05) is 4.47 Å². The second-order valence-corrected chi connectivity index (χ2v) is 15.5. The number of thiazole rings is 2. The summed E-state index contributed by atoms with van der Waals surface area (Å²) in [6, 6.07) is 23.8. The normalized spacial score (nSPS) is 14.9. The molecule has 0 aliphatic carbocycles. The molecule has 1 aliphatic heterocycles. The lowest BCUT2D eigenvalue weighted by atomic mass is 9.79. The maximum absolute atomic E-state index is 5.99. The molecule has 4 aromatic heterocycles. The first kappa shape index (κ1) is 33.7. The summed E-state index contributed by atoms with van der Waals surface area (Å²) in [5.74, 6) is 0. The molecule has 0 unspecified atom stereocenters. The van der Waals surface area contributed by atoms with Gasteiger partial charge in [-0.05, 0) is 98.9 Å². The molecule has 254 valence electrons. The van der Waals surface area contributed by atoms with Crippen LogP contribution in [0.25, 0.3) is 53.8 Å². The minimum Gasteiger partial charge on any atom is -0.424 e. The summed E-state index contributed by atoms with van der Waals surface area (Å²) in [6.45, 7) is 8.11. The Balaban J connectivity index is 0.000000123. The molecule has 0 saturated carbocycles. The first-order valence-corrected chi connectivity index (χ1v) is 17.8. The van der Waals surface area contributed by atoms with E-state index in [1.807, 2.05) is 94.4 Å². The molecule has 8 N–H and O–H groups in total. The second-order valence-electron chi connectivity index (χ2n) is 12.5. The Kier molecular flexibility index (Phi) is 8.68. The van der Waals surface area contributed by atoms with E-state index >= 15 is 0 Å². The van der Waals surface area contributed by atoms with Crippen LogP contribution in [0.1, 0.15) is 27.7 Å². The third kappa shape index (κ3) is 6.84. The van der Waals surface area contributed by atoms with Crippen LogP contribution in [-0.4, -0.2) is 38.3 Å². The Morgan fingerprint density at radius 1 is 0.580 bits per heavy atom. The number of benzene rings is 4. The van der Waals surface area contributed by atoms with E-state index in [4.69, 9.17) is 41.1 Å². The predicted octanol–water partition coefficient (Wildman–Crippen LogP) is 7.62. The average molecular weight is 772 g/mol. The zero-order chi connectivity index (χ0) is 35.4. The SMILES string of the molecule is CC1(C)OB(c2ccc3oc(N)nc3c2)OC1(C)C.Nc1nc2cc(-c3ccc4nc(N)sc4c3)ccc2o1.Nc1nc2ccc(Br)cc2s1. The minimum atomic E-state index is -0.396. The zero-order valence-electron chi connectivity index (χ0n) is 27.4. The summed E-state index contributed by atoms with van der Waals surface area (Å²) in [6.07, 6.45) is 0. The molecule has 5 heterocycles. The largest absolute Gasteiger partial charge is 0.494 e. The number of rotatable bonds is 2. The number of halogens is 1. The van der Waals surface area contributed by atoms with E-state index in [0.29, 0.717) is 26.9 Å². The highest BCUT2D eigenvalue weighted by molar-refractivity contribution is 9.10. The van der Waals surface area contributed by atoms with Crippen molar-refractivity contribution in [2.45, 2.75) is 38.9 Å². The summed E-state index contributed by atoms with van der Waals surface area (Å²) in [5, 5.41) is 1.20. The molecule has 0 radical (unpaired) electrons. The Morgan fingerprint density at radius 2 is 1.08 bits per heavy atom. The lowest BCUT2D eigenvalue weighted by Gasteiger charge is -2.32. The molecule has 1 saturated heterocycles. The first-order valence-electron chi connectivity index (χ1n) is 15.4. The average Bonchev–Trinajstić information content (AvgIpc) is 3.84. The van der Waals surface area contributed by atoms with E-state index in [1.165, 1.54) is 22.7 Å². The van der Waals surface area contributed by atoms with Crippen molar-refractivity contribution in [3.05, 3.63) is 77.3 Å². The lowest BCUT2D eigenvalue weighted by molar-refractivity contribution is 0.00578. The quantitative estimate of drug-likeness (QED) is 0.126. The van der Waals surface area contributed by atoms with Crippen LogP contribution in [-0.2, 0) is 9.31 Å². The van der Waals surface area contributed by atoms with Gasteiger partial charge in [0.05, 0.1) is 31.6 Å². The van der Waals surface area contributed by atoms with E-state index in [-0.39, 0.29) is 23.2 Å². The van der Waals surface area contributed by atoms with Gasteiger partial charge < -0.3 is 41.1 Å². The molecule has 8 aromatic rings. The number of anilines is 4. The maximum atomic E-state index is 5.99. The van der Waals surface area contributed by atoms with Crippen molar-refractivity contribution in [1.82, 2.24) is 19.9 Å². The summed E-state index contributed by atoms with van der Waals surface area (Å²) >= 11 is 6.36. The van der Waals surface area contributed by atoms with Gasteiger partial charge in [-0.3, -0.25) is 0 Å². The van der Waals surface area contributed by atoms with Gasteiger partial charge in [0.25, 0.3) is 12.0 Å². The molecule has 1 aliphatic rings. The van der Waals surface area contributed by atoms with E-state index in [9.17, 15) is 0 Å². The Labute approximate surface area is 303 Å². The predicted molar refractivity (Wildman–Crippen MR) is 207 cm³/mol. The van der Waals surface area contributed by atoms with Gasteiger partial charge in [-0.15, -0.1) is 0 Å². The van der Waals surface area contributed by atoms with Gasteiger partial charge >= 0.3 is 7.12 Å². The number of hydrogen-bond donors (Lipinski definition) is 4. The number of nitrogens with two attached hydrogens (primary N) is 4. The molecule has 0 amide bonds. The summed E-state index contributed by atoms with van der Waals surface area (Å²) in [4.78, 5) is 16.6. The standard InChI is InChI=1S/C14H10N4OS.C13H17BN2O3.C7H5BrN2S/c15-13-17-10-5-7(2-4-11(10)19-13)8-1-3-9-12(6-8)20-14(16)18-9;1-12(2)13(3,4)19-14(18-12)8-5-6-10-9(7-8)16-11(15)17-10;8-4-1-2-5-6(3-4)11-7(9)10-5/h1-6H,(H2,15,17)(H2,16,18);5-7H,1-4H3,(H2,15,16);1-3H,(H2,9,10). The maximum Gasteiger partial charge on any atom is 0.494 e. The summed E-state index contributed by atoms with van der Waals surface area (Å²) < 4.78 is 25.8. The highest BCUT2D eigenvalue weighted by Gasteiger charge is 2.51. The van der Waals surface area contributed by atoms with E-state index < -0.39 is 7.12 Å². The van der Waals surface area contributed by atoms with Crippen LogP contribution < -0.4 is 28.4 Å². The van der Waals surface area contributed by atoms with Crippen LogP contribution in [0.2, 0.25) is 0 Å². The van der Waals surface area contributed by atoms with E-state index in [2.05, 4.69) is 41.9 Å². The monoisotopic (exact) mass is 770 g/mol. The smallest absolute Gasteiger partial charge is 0.424 e. The second kappa shape index (κ2) is 12.9. The Morgan fingerprint density at radius 3 is 1.70 bits per heavy atom. The van der Waals surface area contributed by atoms with Gasteiger partial charge in [-0.1, -0.05) is 56.8 Å². The Bertz CT molecular complexity index is 2420. The fourth-order valence-electron chi connectivity index (χ4n) is 5.25. The highest BCUT2D eigenvalue weighted by atomic mass is 79.9. The van der Waals surface area contributed by atoms with Crippen LogP contribution >= 0.6 is 38.6 Å². The number of oxazole rings is 2. The van der Waals surface area contributed by atoms with Crippen LogP contribution in [0.3, 0.4) is 0 Å². The van der Waals surface area contributed by atoms with Crippen molar-refractivity contribution in [3.8, 4) is 11.1 Å². The Hall–Kier alpha value is -4.74. The molecule has 1 fully saturated rings. The van der Waals surface area contributed by atoms with Crippen molar-refractivity contribution >= 4 is 116 Å². The topological polar surface area (TPSA) is 200 Å². The lowest BCUT2D eigenvalue weighted by Crippen LogP contribution is -2.41. The third-order valence-corrected chi connectivity index (χ3v) is 10.7. The summed E-state index contributed by atoms with van der Waals surface area (Å²) in [7, 11) is -0.396. The van der Waals surface area contributed by atoms with Crippen molar-refractivity contribution in [3.63, 3.8) is 0 Å². The summed E-state index contributed by atoms with van der Waals surface area (Å²) in [5.41, 5.74) is 29.4. The fraction of sp³-hybridized carbons (Fsp3) is 0.176. The van der Waals surface area contributed by atoms with E-state index in [0.717, 1.165) is 47.0 Å². The van der Waals surface area contributed by atoms with Crippen LogP contribution in [0.15, 0.2) is 86.1 Å². The number of hydrogen-bond acceptors (Lipinski definition) is 14. The number of nitrogen functional groups attached to an aromatic ring is 4. The molecule has 9 rings (SSSR count). The molecule has 16 heteroatoms. The van der Waals surface area contributed by atoms with E-state index in [1.54, 1.807) is 0 Å². The van der Waals surface area contributed by atoms with Crippen LogP contribution in [0.4, 0.5) is 22.3 Å². The molecule has 0 spiro atoms. The molecule has 0 bridgehead atoms. The molecule has 4 aromatic carbocycles. The molecule has 0 atom stereocenters. The van der Waals surface area contributed by atoms with Crippen LogP contribution in [0.5, 0.6) is 0 Å². The molecule has 12 nitrogen and oxygen atoms in total. The van der Waals surface area contributed by atoms with Gasteiger partial charge in [0.1, 0.15) is 11.0 Å². The van der Waals surface area contributed by atoms with Gasteiger partial charge in [-0.2, -0.15) is 9.97 Å². The third-order valence-electron chi connectivity index (χ3n) is 8.46. The fourth-order valence-corrected chi connectivity index (χ4v) is 7.31. The van der Waals surface area contributed by atoms with Crippen molar-refractivity contribution in [2.24, 2.45) is 0 Å². The van der Waals surface area contributed by atoms with Gasteiger partial charge in [-0.25, -0.2) is 9.97 Å². The highest BCUT2D eigenvalue weighted by Crippen LogP contribution is 2.37. The number of aromatic nitrogens is 4. The van der Waals surface area contributed by atoms with Crippen LogP contribution in [0, 0.1) is 0 Å². The molecule has 50 heavy (non-hydrogen) atoms. The van der Waals surface area contributed by atoms with Crippen molar-refractivity contribution < 1.29 is 18.1 Å². The van der Waals surface area contributed by atoms with Crippen molar-refractivity contribution in [1.29, 1.82) is 0 Å². The van der Waals surface area contributed by atoms with Crippen molar-refractivity contribution in [2.75, 3.05) is 22.9 Å². The minimum absolute atomic E-state index is 0.168. The molecular formula is C34H32BBrN8O4S2. The zero-order valence-corrected chi connectivity index (χ0v) is 30.7. The number of nitrogens with zero attached hydrogens (tertiary/aromatic N) is 4. The number of fused-ring (bicyclic) bond motifs is 4. The molecular weight excluding hydrogens is 739 g/mol. The van der Waals surface area contributed by atoms with Gasteiger partial charge in [0.15, 0.2) is 21.4 Å².